The van der Waals surface area contributed by atoms with Crippen LogP contribution >= 0.6 is 15.9 Å². The van der Waals surface area contributed by atoms with E-state index in [-0.39, 0.29) is 23.8 Å². The predicted molar refractivity (Wildman–Crippen MR) is 109 cm³/mol. The smallest absolute Gasteiger partial charge is 0.269 e. The van der Waals surface area contributed by atoms with Crippen molar-refractivity contribution in [3.05, 3.63) is 58.1 Å². The molecule has 0 bridgehead atoms. The minimum Gasteiger partial charge on any atom is -0.493 e. The average molecular weight is 447 g/mol. The molecule has 7 heteroatoms. The van der Waals surface area contributed by atoms with Crippen LogP contribution in [0.5, 0.6) is 11.5 Å². The first kappa shape index (κ1) is 20.2. The zero-order valence-electron chi connectivity index (χ0n) is 16.0. The molecule has 0 radical (unpaired) electrons. The van der Waals surface area contributed by atoms with Gasteiger partial charge < -0.3 is 9.47 Å². The Morgan fingerprint density at radius 2 is 1.79 bits per heavy atom. The molecule has 1 aliphatic rings. The molecular weight excluding hydrogens is 424 g/mol. The largest absolute Gasteiger partial charge is 0.493 e. The molecule has 0 spiro atoms. The van der Waals surface area contributed by atoms with E-state index in [9.17, 15) is 9.59 Å². The Bertz CT molecular complexity index is 867. The maximum Gasteiger partial charge on any atom is 0.269 e. The Labute approximate surface area is 172 Å². The van der Waals surface area contributed by atoms with Crippen molar-refractivity contribution in [1.29, 1.82) is 0 Å². The lowest BCUT2D eigenvalue weighted by Gasteiger charge is -2.14. The zero-order chi connectivity index (χ0) is 20.3. The van der Waals surface area contributed by atoms with E-state index in [1.807, 2.05) is 38.1 Å². The standard InChI is InChI=1S/C21H23BrN2O4/c1-12(2)28-18-9-6-14(10-19(18)27-3)20(25)23-24-21(26)17-11-16(17)13-4-7-15(22)8-5-13/h4-10,12,16-17H,11H2,1-3H3,(H,23,25)(H,24,26). The molecule has 148 valence electrons. The number of ether oxygens (including phenoxy) is 2. The lowest BCUT2D eigenvalue weighted by Crippen LogP contribution is -2.42. The van der Waals surface area contributed by atoms with Gasteiger partial charge in [-0.25, -0.2) is 0 Å². The third-order valence-electron chi connectivity index (χ3n) is 4.51. The van der Waals surface area contributed by atoms with Crippen molar-refractivity contribution >= 4 is 27.7 Å². The molecule has 0 aliphatic heterocycles. The zero-order valence-corrected chi connectivity index (χ0v) is 17.6. The molecule has 6 nitrogen and oxygen atoms in total. The molecule has 0 heterocycles. The van der Waals surface area contributed by atoms with Crippen molar-refractivity contribution in [2.24, 2.45) is 5.92 Å². The quantitative estimate of drug-likeness (QED) is 0.661. The van der Waals surface area contributed by atoms with Gasteiger partial charge in [0.2, 0.25) is 5.91 Å². The number of hydrogen-bond acceptors (Lipinski definition) is 4. The van der Waals surface area contributed by atoms with E-state index in [0.29, 0.717) is 17.1 Å². The Morgan fingerprint density at radius 1 is 1.07 bits per heavy atom. The van der Waals surface area contributed by atoms with Gasteiger partial charge in [-0.1, -0.05) is 28.1 Å². The number of benzene rings is 2. The maximum atomic E-state index is 12.4. The summed E-state index contributed by atoms with van der Waals surface area (Å²) in [6.45, 7) is 3.82. The van der Waals surface area contributed by atoms with E-state index in [0.717, 1.165) is 16.5 Å². The number of hydrazine groups is 1. The molecule has 2 unspecified atom stereocenters. The highest BCUT2D eigenvalue weighted by Crippen LogP contribution is 2.47. The van der Waals surface area contributed by atoms with Gasteiger partial charge in [-0.2, -0.15) is 0 Å². The van der Waals surface area contributed by atoms with Crippen LogP contribution in [0.1, 0.15) is 42.1 Å². The normalized spacial score (nSPS) is 17.8. The molecule has 0 aromatic heterocycles. The highest BCUT2D eigenvalue weighted by molar-refractivity contribution is 9.10. The molecule has 2 amide bonds. The molecule has 2 aromatic carbocycles. The van der Waals surface area contributed by atoms with Crippen molar-refractivity contribution in [3.8, 4) is 11.5 Å². The molecule has 0 saturated heterocycles. The minimum absolute atomic E-state index is 0.00919. The number of halogens is 1. The Hall–Kier alpha value is -2.54. The number of amides is 2. The van der Waals surface area contributed by atoms with Gasteiger partial charge in [-0.15, -0.1) is 0 Å². The second-order valence-corrected chi connectivity index (χ2v) is 7.89. The van der Waals surface area contributed by atoms with Gasteiger partial charge in [0.25, 0.3) is 5.91 Å². The summed E-state index contributed by atoms with van der Waals surface area (Å²) in [5.41, 5.74) is 6.48. The molecule has 3 rings (SSSR count). The van der Waals surface area contributed by atoms with E-state index in [2.05, 4.69) is 26.8 Å². The minimum atomic E-state index is -0.413. The lowest BCUT2D eigenvalue weighted by molar-refractivity contribution is -0.123. The van der Waals surface area contributed by atoms with E-state index in [1.165, 1.54) is 7.11 Å². The Balaban J connectivity index is 1.55. The Morgan fingerprint density at radius 3 is 2.43 bits per heavy atom. The van der Waals surface area contributed by atoms with Gasteiger partial charge in [-0.3, -0.25) is 20.4 Å². The third-order valence-corrected chi connectivity index (χ3v) is 5.04. The molecule has 1 fully saturated rings. The topological polar surface area (TPSA) is 76.7 Å². The third kappa shape index (κ3) is 4.84. The summed E-state index contributed by atoms with van der Waals surface area (Å²) < 4.78 is 11.9. The van der Waals surface area contributed by atoms with Crippen LogP contribution in [0.25, 0.3) is 0 Å². The van der Waals surface area contributed by atoms with Crippen LogP contribution < -0.4 is 20.3 Å². The van der Waals surface area contributed by atoms with Gasteiger partial charge in [-0.05, 0) is 62.1 Å². The molecular formula is C21H23BrN2O4. The van der Waals surface area contributed by atoms with Crippen LogP contribution in [-0.4, -0.2) is 25.0 Å². The summed E-state index contributed by atoms with van der Waals surface area (Å²) >= 11 is 3.40. The van der Waals surface area contributed by atoms with Crippen LogP contribution in [-0.2, 0) is 4.79 Å². The molecule has 2 N–H and O–H groups in total. The summed E-state index contributed by atoms with van der Waals surface area (Å²) in [7, 11) is 1.52. The average Bonchev–Trinajstić information content (AvgIpc) is 3.47. The van der Waals surface area contributed by atoms with E-state index >= 15 is 0 Å². The van der Waals surface area contributed by atoms with Crippen molar-refractivity contribution in [2.45, 2.75) is 32.3 Å². The van der Waals surface area contributed by atoms with Crippen LogP contribution in [0.3, 0.4) is 0 Å². The van der Waals surface area contributed by atoms with Gasteiger partial charge in [0, 0.05) is 16.0 Å². The van der Waals surface area contributed by atoms with Crippen molar-refractivity contribution in [1.82, 2.24) is 10.9 Å². The second-order valence-electron chi connectivity index (χ2n) is 6.98. The molecule has 1 aliphatic carbocycles. The summed E-state index contributed by atoms with van der Waals surface area (Å²) in [6, 6.07) is 12.8. The number of rotatable bonds is 6. The van der Waals surface area contributed by atoms with Crippen LogP contribution in [0.2, 0.25) is 0 Å². The van der Waals surface area contributed by atoms with Gasteiger partial charge >= 0.3 is 0 Å². The fourth-order valence-corrected chi connectivity index (χ4v) is 3.27. The molecule has 1 saturated carbocycles. The van der Waals surface area contributed by atoms with Crippen LogP contribution in [0, 0.1) is 5.92 Å². The van der Waals surface area contributed by atoms with Crippen molar-refractivity contribution in [3.63, 3.8) is 0 Å². The van der Waals surface area contributed by atoms with Gasteiger partial charge in [0.1, 0.15) is 0 Å². The van der Waals surface area contributed by atoms with Crippen molar-refractivity contribution in [2.75, 3.05) is 7.11 Å². The van der Waals surface area contributed by atoms with Crippen molar-refractivity contribution < 1.29 is 19.1 Å². The first-order valence-corrected chi connectivity index (χ1v) is 9.88. The monoisotopic (exact) mass is 446 g/mol. The summed E-state index contributed by atoms with van der Waals surface area (Å²) in [4.78, 5) is 24.7. The first-order valence-electron chi connectivity index (χ1n) is 9.09. The summed E-state index contributed by atoms with van der Waals surface area (Å²) in [6.07, 6.45) is 0.767. The van der Waals surface area contributed by atoms with Gasteiger partial charge in [0.05, 0.1) is 13.2 Å². The van der Waals surface area contributed by atoms with E-state index in [4.69, 9.17) is 9.47 Å². The summed E-state index contributed by atoms with van der Waals surface area (Å²) in [5.74, 6) is 0.491. The molecule has 2 atom stereocenters. The number of nitrogens with one attached hydrogen (secondary N) is 2. The first-order chi connectivity index (χ1) is 13.4. The fourth-order valence-electron chi connectivity index (χ4n) is 3.01. The number of methoxy groups -OCH3 is 1. The van der Waals surface area contributed by atoms with E-state index in [1.54, 1.807) is 18.2 Å². The summed E-state index contributed by atoms with van der Waals surface area (Å²) in [5, 5.41) is 0. The van der Waals surface area contributed by atoms with Crippen LogP contribution in [0.4, 0.5) is 0 Å². The molecule has 28 heavy (non-hydrogen) atoms. The Kier molecular flexibility index (Phi) is 6.24. The number of carbonyl (C=O) groups excluding carboxylic acids is 2. The lowest BCUT2D eigenvalue weighted by atomic mass is 10.1. The van der Waals surface area contributed by atoms with Crippen LogP contribution in [0.15, 0.2) is 46.9 Å². The predicted octanol–water partition coefficient (Wildman–Crippen LogP) is 3.81. The molecule has 2 aromatic rings. The number of hydrogen-bond donors (Lipinski definition) is 2. The van der Waals surface area contributed by atoms with Gasteiger partial charge in [0.15, 0.2) is 11.5 Å². The SMILES string of the molecule is COc1cc(C(=O)NNC(=O)C2CC2c2ccc(Br)cc2)ccc1OC(C)C. The fraction of sp³-hybridized carbons (Fsp3) is 0.333. The number of carbonyl (C=O) groups is 2. The highest BCUT2D eigenvalue weighted by Gasteiger charge is 2.44. The maximum absolute atomic E-state index is 12.4. The highest BCUT2D eigenvalue weighted by atomic mass is 79.9. The van der Waals surface area contributed by atoms with E-state index < -0.39 is 5.91 Å². The second kappa shape index (κ2) is 8.65.